The summed E-state index contributed by atoms with van der Waals surface area (Å²) in [5.41, 5.74) is 0. The van der Waals surface area contributed by atoms with Gasteiger partial charge in [0.15, 0.2) is 0 Å². The van der Waals surface area contributed by atoms with Gasteiger partial charge in [-0.3, -0.25) is 9.48 Å². The van der Waals surface area contributed by atoms with E-state index in [0.29, 0.717) is 5.92 Å². The Balaban J connectivity index is 1.99. The van der Waals surface area contributed by atoms with Crippen LogP contribution in [0.4, 0.5) is 0 Å². The van der Waals surface area contributed by atoms with Crippen molar-refractivity contribution in [1.82, 2.24) is 15.1 Å². The molecule has 1 N–H and O–H groups in total. The predicted octanol–water partition coefficient (Wildman–Crippen LogP) is 2.46. The van der Waals surface area contributed by atoms with Gasteiger partial charge in [-0.1, -0.05) is 19.9 Å². The molecule has 0 saturated carbocycles. The highest BCUT2D eigenvalue weighted by atomic mass is 32.1. The van der Waals surface area contributed by atoms with Crippen molar-refractivity contribution in [2.75, 3.05) is 0 Å². The minimum atomic E-state index is -0.00852. The summed E-state index contributed by atoms with van der Waals surface area (Å²) in [5.74, 6) is 0.357. The molecule has 0 fully saturated rings. The lowest BCUT2D eigenvalue weighted by Crippen LogP contribution is -2.33. The van der Waals surface area contributed by atoms with Crippen molar-refractivity contribution in [2.24, 2.45) is 5.92 Å². The van der Waals surface area contributed by atoms with E-state index in [1.165, 1.54) is 4.88 Å². The second-order valence-electron chi connectivity index (χ2n) is 4.51. The van der Waals surface area contributed by atoms with Crippen LogP contribution in [0.5, 0.6) is 0 Å². The maximum Gasteiger partial charge on any atom is 0.242 e. The van der Waals surface area contributed by atoms with Gasteiger partial charge in [0, 0.05) is 17.3 Å². The van der Waals surface area contributed by atoms with E-state index in [-0.39, 0.29) is 18.5 Å². The van der Waals surface area contributed by atoms with E-state index in [2.05, 4.69) is 30.3 Å². The molecular weight excluding hydrogens is 246 g/mol. The smallest absolute Gasteiger partial charge is 0.242 e. The van der Waals surface area contributed by atoms with Crippen LogP contribution in [0.15, 0.2) is 36.0 Å². The Bertz CT molecular complexity index is 476. The van der Waals surface area contributed by atoms with Crippen LogP contribution in [-0.4, -0.2) is 15.7 Å². The van der Waals surface area contributed by atoms with Gasteiger partial charge in [0.25, 0.3) is 0 Å². The molecule has 1 amide bonds. The number of amides is 1. The highest BCUT2D eigenvalue weighted by Gasteiger charge is 2.19. The summed E-state index contributed by atoms with van der Waals surface area (Å²) >= 11 is 1.67. The van der Waals surface area contributed by atoms with Crippen LogP contribution in [0.3, 0.4) is 0 Å². The largest absolute Gasteiger partial charge is 0.347 e. The first-order valence-corrected chi connectivity index (χ1v) is 6.85. The number of nitrogens with zero attached hydrogens (tertiary/aromatic N) is 2. The third-order valence-electron chi connectivity index (χ3n) is 2.70. The van der Waals surface area contributed by atoms with Crippen molar-refractivity contribution >= 4 is 17.2 Å². The maximum absolute atomic E-state index is 12.0. The molecule has 2 rings (SSSR count). The number of carbonyl (C=O) groups is 1. The third-order valence-corrected chi connectivity index (χ3v) is 3.65. The molecule has 4 nitrogen and oxygen atoms in total. The van der Waals surface area contributed by atoms with E-state index < -0.39 is 0 Å². The van der Waals surface area contributed by atoms with Crippen LogP contribution in [0, 0.1) is 5.92 Å². The van der Waals surface area contributed by atoms with Gasteiger partial charge in [0.2, 0.25) is 5.91 Å². The average molecular weight is 263 g/mol. The van der Waals surface area contributed by atoms with Crippen LogP contribution in [0.25, 0.3) is 0 Å². The van der Waals surface area contributed by atoms with E-state index in [0.717, 1.165) is 0 Å². The lowest BCUT2D eigenvalue weighted by Gasteiger charge is -2.21. The number of thiophene rings is 1. The molecule has 0 saturated heterocycles. The zero-order valence-corrected chi connectivity index (χ0v) is 11.4. The monoisotopic (exact) mass is 263 g/mol. The van der Waals surface area contributed by atoms with Crippen molar-refractivity contribution in [3.05, 3.63) is 40.8 Å². The van der Waals surface area contributed by atoms with Gasteiger partial charge in [-0.2, -0.15) is 5.10 Å². The molecule has 5 heteroatoms. The molecule has 0 bridgehead atoms. The van der Waals surface area contributed by atoms with Crippen molar-refractivity contribution < 1.29 is 4.79 Å². The highest BCUT2D eigenvalue weighted by molar-refractivity contribution is 7.10. The lowest BCUT2D eigenvalue weighted by atomic mass is 10.0. The zero-order chi connectivity index (χ0) is 13.0. The van der Waals surface area contributed by atoms with E-state index in [4.69, 9.17) is 0 Å². The van der Waals surface area contributed by atoms with Gasteiger partial charge < -0.3 is 5.32 Å². The molecule has 2 heterocycles. The summed E-state index contributed by atoms with van der Waals surface area (Å²) in [4.78, 5) is 13.1. The second kappa shape index (κ2) is 5.82. The molecule has 2 aromatic rings. The molecule has 0 spiro atoms. The Morgan fingerprint density at radius 2 is 2.33 bits per heavy atom. The maximum atomic E-state index is 12.0. The summed E-state index contributed by atoms with van der Waals surface area (Å²) < 4.78 is 1.63. The first kappa shape index (κ1) is 12.8. The van der Waals surface area contributed by atoms with E-state index >= 15 is 0 Å². The van der Waals surface area contributed by atoms with Gasteiger partial charge in [-0.05, 0) is 23.4 Å². The molecule has 96 valence electrons. The van der Waals surface area contributed by atoms with Gasteiger partial charge >= 0.3 is 0 Å². The SMILES string of the molecule is CC(C)C(NC(=O)Cn1cccn1)c1cccs1. The fourth-order valence-corrected chi connectivity index (χ4v) is 2.74. The minimum Gasteiger partial charge on any atom is -0.347 e. The highest BCUT2D eigenvalue weighted by Crippen LogP contribution is 2.25. The van der Waals surface area contributed by atoms with Gasteiger partial charge in [-0.25, -0.2) is 0 Å². The number of carbonyl (C=O) groups excluding carboxylic acids is 1. The van der Waals surface area contributed by atoms with Crippen LogP contribution in [-0.2, 0) is 11.3 Å². The number of hydrogen-bond donors (Lipinski definition) is 1. The summed E-state index contributed by atoms with van der Waals surface area (Å²) in [6.07, 6.45) is 3.46. The molecule has 0 aromatic carbocycles. The first-order valence-electron chi connectivity index (χ1n) is 5.97. The third kappa shape index (κ3) is 3.20. The predicted molar refractivity (Wildman–Crippen MR) is 72.3 cm³/mol. The Morgan fingerprint density at radius 3 is 2.89 bits per heavy atom. The Kier molecular flexibility index (Phi) is 4.15. The molecule has 0 aliphatic rings. The van der Waals surface area contributed by atoms with Gasteiger partial charge in [0.1, 0.15) is 6.54 Å². The van der Waals surface area contributed by atoms with E-state index in [1.54, 1.807) is 28.4 Å². The number of aromatic nitrogens is 2. The standard InChI is InChI=1S/C13H17N3OS/c1-10(2)13(11-5-3-8-18-11)15-12(17)9-16-7-4-6-14-16/h3-8,10,13H,9H2,1-2H3,(H,15,17). The number of nitrogens with one attached hydrogen (secondary N) is 1. The van der Waals surface area contributed by atoms with Gasteiger partial charge in [0.05, 0.1) is 6.04 Å². The minimum absolute atomic E-state index is 0.00852. The van der Waals surface area contributed by atoms with Crippen molar-refractivity contribution in [3.8, 4) is 0 Å². The van der Waals surface area contributed by atoms with E-state index in [1.807, 2.05) is 17.5 Å². The lowest BCUT2D eigenvalue weighted by molar-refractivity contribution is -0.122. The Labute approximate surface area is 111 Å². The number of hydrogen-bond acceptors (Lipinski definition) is 3. The topological polar surface area (TPSA) is 46.9 Å². The number of rotatable bonds is 5. The summed E-state index contributed by atoms with van der Waals surface area (Å²) in [6, 6.07) is 5.96. The fourth-order valence-electron chi connectivity index (χ4n) is 1.79. The van der Waals surface area contributed by atoms with Crippen molar-refractivity contribution in [3.63, 3.8) is 0 Å². The molecular formula is C13H17N3OS. The summed E-state index contributed by atoms with van der Waals surface area (Å²) in [6.45, 7) is 4.48. The van der Waals surface area contributed by atoms with Crippen molar-refractivity contribution in [1.29, 1.82) is 0 Å². The molecule has 2 aromatic heterocycles. The van der Waals surface area contributed by atoms with Crippen LogP contribution >= 0.6 is 11.3 Å². The second-order valence-corrected chi connectivity index (χ2v) is 5.49. The molecule has 1 atom stereocenters. The van der Waals surface area contributed by atoms with Crippen LogP contribution < -0.4 is 5.32 Å². The first-order chi connectivity index (χ1) is 8.66. The zero-order valence-electron chi connectivity index (χ0n) is 10.5. The summed E-state index contributed by atoms with van der Waals surface area (Å²) in [5, 5.41) is 9.13. The normalized spacial score (nSPS) is 12.6. The molecule has 0 aliphatic carbocycles. The Hall–Kier alpha value is -1.62. The van der Waals surface area contributed by atoms with Crippen molar-refractivity contribution in [2.45, 2.75) is 26.4 Å². The average Bonchev–Trinajstić information content (AvgIpc) is 2.97. The quantitative estimate of drug-likeness (QED) is 0.900. The Morgan fingerprint density at radius 1 is 1.50 bits per heavy atom. The van der Waals surface area contributed by atoms with Gasteiger partial charge in [-0.15, -0.1) is 11.3 Å². The molecule has 1 unspecified atom stereocenters. The summed E-state index contributed by atoms with van der Waals surface area (Å²) in [7, 11) is 0. The van der Waals surface area contributed by atoms with Crippen LogP contribution in [0.2, 0.25) is 0 Å². The van der Waals surface area contributed by atoms with E-state index in [9.17, 15) is 4.79 Å². The van der Waals surface area contributed by atoms with Crippen LogP contribution in [0.1, 0.15) is 24.8 Å². The molecule has 0 radical (unpaired) electrons. The molecule has 18 heavy (non-hydrogen) atoms. The molecule has 0 aliphatic heterocycles. The fraction of sp³-hybridized carbons (Fsp3) is 0.385.